The van der Waals surface area contributed by atoms with Gasteiger partial charge in [-0.2, -0.15) is 10.5 Å². The average molecular weight is 274 g/mol. The minimum Gasteiger partial charge on any atom is -0.339 e. The first kappa shape index (κ1) is 13.1. The minimum atomic E-state index is 0.553. The SMILES string of the molecule is Cc1ccc(C#N)cc1Nc1nc2c(cc1C#N)CCC2. The van der Waals surface area contributed by atoms with E-state index in [9.17, 15) is 5.26 Å². The lowest BCUT2D eigenvalue weighted by molar-refractivity contribution is 0.900. The van der Waals surface area contributed by atoms with Crippen LogP contribution in [0.2, 0.25) is 0 Å². The Morgan fingerprint density at radius 1 is 1.14 bits per heavy atom. The van der Waals surface area contributed by atoms with Crippen molar-refractivity contribution in [3.63, 3.8) is 0 Å². The summed E-state index contributed by atoms with van der Waals surface area (Å²) in [6.45, 7) is 1.96. The van der Waals surface area contributed by atoms with Crippen molar-refractivity contribution in [3.05, 3.63) is 52.2 Å². The Morgan fingerprint density at radius 3 is 2.76 bits per heavy atom. The third-order valence-corrected chi connectivity index (χ3v) is 3.79. The summed E-state index contributed by atoms with van der Waals surface area (Å²) in [6.07, 6.45) is 3.06. The molecule has 1 aromatic heterocycles. The summed E-state index contributed by atoms with van der Waals surface area (Å²) in [7, 11) is 0. The second-order valence-corrected chi connectivity index (χ2v) is 5.22. The number of hydrogen-bond acceptors (Lipinski definition) is 4. The molecule has 21 heavy (non-hydrogen) atoms. The van der Waals surface area contributed by atoms with Gasteiger partial charge < -0.3 is 5.32 Å². The highest BCUT2D eigenvalue weighted by atomic mass is 15.0. The molecule has 0 spiro atoms. The summed E-state index contributed by atoms with van der Waals surface area (Å²) in [4.78, 5) is 4.60. The molecule has 3 rings (SSSR count). The molecule has 0 radical (unpaired) electrons. The van der Waals surface area contributed by atoms with E-state index in [-0.39, 0.29) is 0 Å². The number of hydrogen-bond donors (Lipinski definition) is 1. The molecule has 1 N–H and O–H groups in total. The monoisotopic (exact) mass is 274 g/mol. The highest BCUT2D eigenvalue weighted by Crippen LogP contribution is 2.28. The number of benzene rings is 1. The normalized spacial score (nSPS) is 12.3. The zero-order valence-electron chi connectivity index (χ0n) is 11.8. The van der Waals surface area contributed by atoms with Gasteiger partial charge in [-0.1, -0.05) is 6.07 Å². The van der Waals surface area contributed by atoms with Crippen LogP contribution in [0.4, 0.5) is 11.5 Å². The Hall–Kier alpha value is -2.85. The first-order valence-electron chi connectivity index (χ1n) is 6.92. The highest BCUT2D eigenvalue weighted by molar-refractivity contribution is 5.67. The highest BCUT2D eigenvalue weighted by Gasteiger charge is 2.16. The molecule has 4 nitrogen and oxygen atoms in total. The predicted molar refractivity (Wildman–Crippen MR) is 80.2 cm³/mol. The number of aromatic nitrogens is 1. The Morgan fingerprint density at radius 2 is 2.00 bits per heavy atom. The number of nitrogens with zero attached hydrogens (tertiary/aromatic N) is 3. The fraction of sp³-hybridized carbons (Fsp3) is 0.235. The van der Waals surface area contributed by atoms with Crippen molar-refractivity contribution in [1.82, 2.24) is 4.98 Å². The standard InChI is InChI=1S/C17H14N4/c1-11-5-6-12(9-18)7-16(11)21-17-14(10-19)8-13-3-2-4-15(13)20-17/h5-8H,2-4H2,1H3,(H,20,21). The van der Waals surface area contributed by atoms with Crippen molar-refractivity contribution >= 4 is 11.5 Å². The van der Waals surface area contributed by atoms with E-state index in [0.717, 1.165) is 36.2 Å². The van der Waals surface area contributed by atoms with Crippen LogP contribution in [0.1, 0.15) is 34.4 Å². The summed E-state index contributed by atoms with van der Waals surface area (Å²) in [5.41, 5.74) is 5.22. The van der Waals surface area contributed by atoms with Gasteiger partial charge in [0.2, 0.25) is 0 Å². The molecule has 0 aliphatic heterocycles. The van der Waals surface area contributed by atoms with Crippen LogP contribution in [-0.4, -0.2) is 4.98 Å². The molecular formula is C17H14N4. The molecule has 0 saturated heterocycles. The van der Waals surface area contributed by atoms with Crippen LogP contribution in [-0.2, 0) is 12.8 Å². The Kier molecular flexibility index (Phi) is 3.30. The summed E-state index contributed by atoms with van der Waals surface area (Å²) in [5.74, 6) is 0.580. The maximum absolute atomic E-state index is 9.32. The van der Waals surface area contributed by atoms with E-state index < -0.39 is 0 Å². The summed E-state index contributed by atoms with van der Waals surface area (Å²) in [5, 5.41) is 21.5. The number of aryl methyl sites for hydroxylation is 3. The molecule has 2 aromatic rings. The van der Waals surface area contributed by atoms with Crippen LogP contribution in [0.5, 0.6) is 0 Å². The largest absolute Gasteiger partial charge is 0.339 e. The number of fused-ring (bicyclic) bond motifs is 1. The molecule has 1 aromatic carbocycles. The molecule has 1 aliphatic carbocycles. The molecule has 0 unspecified atom stereocenters. The van der Waals surface area contributed by atoms with Crippen molar-refractivity contribution in [2.24, 2.45) is 0 Å². The fourth-order valence-corrected chi connectivity index (χ4v) is 2.61. The van der Waals surface area contributed by atoms with Crippen LogP contribution in [0.3, 0.4) is 0 Å². The van der Waals surface area contributed by atoms with Gasteiger partial charge in [-0.3, -0.25) is 0 Å². The first-order chi connectivity index (χ1) is 10.2. The molecule has 1 aliphatic rings. The lowest BCUT2D eigenvalue weighted by Gasteiger charge is -2.12. The van der Waals surface area contributed by atoms with Crippen molar-refractivity contribution in [2.75, 3.05) is 5.32 Å². The van der Waals surface area contributed by atoms with Crippen molar-refractivity contribution < 1.29 is 0 Å². The number of pyridine rings is 1. The topological polar surface area (TPSA) is 72.5 Å². The smallest absolute Gasteiger partial charge is 0.148 e. The van der Waals surface area contributed by atoms with Gasteiger partial charge in [0.05, 0.1) is 17.2 Å². The Balaban J connectivity index is 2.03. The average Bonchev–Trinajstić information content (AvgIpc) is 2.95. The number of anilines is 2. The van der Waals surface area contributed by atoms with Gasteiger partial charge in [-0.05, 0) is 55.5 Å². The van der Waals surface area contributed by atoms with E-state index >= 15 is 0 Å². The molecule has 1 heterocycles. The quantitative estimate of drug-likeness (QED) is 0.911. The third kappa shape index (κ3) is 2.44. The minimum absolute atomic E-state index is 0.553. The predicted octanol–water partition coefficient (Wildman–Crippen LogP) is 3.37. The molecule has 4 heteroatoms. The maximum atomic E-state index is 9.32. The lowest BCUT2D eigenvalue weighted by Crippen LogP contribution is -2.02. The van der Waals surface area contributed by atoms with Gasteiger partial charge in [-0.15, -0.1) is 0 Å². The lowest BCUT2D eigenvalue weighted by atomic mass is 10.1. The zero-order chi connectivity index (χ0) is 14.8. The third-order valence-electron chi connectivity index (χ3n) is 3.79. The van der Waals surface area contributed by atoms with Crippen LogP contribution in [0.25, 0.3) is 0 Å². The van der Waals surface area contributed by atoms with Gasteiger partial charge in [0.15, 0.2) is 0 Å². The van der Waals surface area contributed by atoms with Gasteiger partial charge >= 0.3 is 0 Å². The van der Waals surface area contributed by atoms with E-state index in [4.69, 9.17) is 5.26 Å². The molecule has 0 fully saturated rings. The molecular weight excluding hydrogens is 260 g/mol. The number of nitrogens with one attached hydrogen (secondary N) is 1. The van der Waals surface area contributed by atoms with E-state index in [2.05, 4.69) is 22.4 Å². The second kappa shape index (κ2) is 5.26. The molecule has 0 atom stereocenters. The summed E-state index contributed by atoms with van der Waals surface area (Å²) in [6, 6.07) is 11.7. The summed E-state index contributed by atoms with van der Waals surface area (Å²) < 4.78 is 0. The maximum Gasteiger partial charge on any atom is 0.148 e. The molecule has 0 bridgehead atoms. The number of rotatable bonds is 2. The van der Waals surface area contributed by atoms with Crippen molar-refractivity contribution in [3.8, 4) is 12.1 Å². The van der Waals surface area contributed by atoms with Crippen molar-refractivity contribution in [2.45, 2.75) is 26.2 Å². The Labute approximate surface area is 123 Å². The molecule has 0 amide bonds. The van der Waals surface area contributed by atoms with Crippen LogP contribution >= 0.6 is 0 Å². The van der Waals surface area contributed by atoms with Crippen LogP contribution in [0.15, 0.2) is 24.3 Å². The molecule has 0 saturated carbocycles. The van der Waals surface area contributed by atoms with Crippen LogP contribution < -0.4 is 5.32 Å². The van der Waals surface area contributed by atoms with Gasteiger partial charge in [0.25, 0.3) is 0 Å². The number of nitriles is 2. The van der Waals surface area contributed by atoms with Crippen molar-refractivity contribution in [1.29, 1.82) is 10.5 Å². The van der Waals surface area contributed by atoms with E-state index in [1.165, 1.54) is 5.56 Å². The Bertz CT molecular complexity index is 794. The zero-order valence-corrected chi connectivity index (χ0v) is 11.8. The molecule has 102 valence electrons. The summed E-state index contributed by atoms with van der Waals surface area (Å²) >= 11 is 0. The van der Waals surface area contributed by atoms with Gasteiger partial charge in [-0.25, -0.2) is 4.98 Å². The van der Waals surface area contributed by atoms with E-state index in [0.29, 0.717) is 16.9 Å². The fourth-order valence-electron chi connectivity index (χ4n) is 2.61. The van der Waals surface area contributed by atoms with E-state index in [1.807, 2.05) is 19.1 Å². The van der Waals surface area contributed by atoms with Gasteiger partial charge in [0, 0.05) is 11.4 Å². The van der Waals surface area contributed by atoms with E-state index in [1.54, 1.807) is 12.1 Å². The second-order valence-electron chi connectivity index (χ2n) is 5.22. The van der Waals surface area contributed by atoms with Gasteiger partial charge in [0.1, 0.15) is 11.9 Å². The van der Waals surface area contributed by atoms with Crippen LogP contribution in [0, 0.1) is 29.6 Å². The first-order valence-corrected chi connectivity index (χ1v) is 6.92.